The summed E-state index contributed by atoms with van der Waals surface area (Å²) >= 11 is 1.68. The Morgan fingerprint density at radius 3 is 2.77 bits per heavy atom. The Morgan fingerprint density at radius 1 is 1.00 bits per heavy atom. The molecule has 0 bridgehead atoms. The predicted molar refractivity (Wildman–Crippen MR) is 88.8 cm³/mol. The third-order valence-electron chi connectivity index (χ3n) is 3.56. The van der Waals surface area contributed by atoms with Crippen LogP contribution in [0.3, 0.4) is 0 Å². The maximum absolute atomic E-state index is 4.64. The minimum absolute atomic E-state index is 0.828. The zero-order valence-corrected chi connectivity index (χ0v) is 12.7. The SMILES string of the molecule is c1ccc2nc(CCc3nc(-c4ccsc4)c[nH]3)cnc2c1. The highest BCUT2D eigenvalue weighted by atomic mass is 32.1. The van der Waals surface area contributed by atoms with Gasteiger partial charge in [0, 0.05) is 29.8 Å². The fraction of sp³-hybridized carbons (Fsp3) is 0.118. The van der Waals surface area contributed by atoms with Crippen LogP contribution in [-0.4, -0.2) is 19.9 Å². The molecule has 1 aromatic carbocycles. The fourth-order valence-corrected chi connectivity index (χ4v) is 3.06. The number of imidazole rings is 1. The molecule has 5 heteroatoms. The molecule has 0 spiro atoms. The number of nitrogens with zero attached hydrogens (tertiary/aromatic N) is 3. The highest BCUT2D eigenvalue weighted by Crippen LogP contribution is 2.20. The van der Waals surface area contributed by atoms with Crippen LogP contribution in [0.5, 0.6) is 0 Å². The van der Waals surface area contributed by atoms with E-state index in [0.717, 1.165) is 46.7 Å². The van der Waals surface area contributed by atoms with E-state index in [9.17, 15) is 0 Å². The van der Waals surface area contributed by atoms with E-state index >= 15 is 0 Å². The molecular formula is C17H14N4S. The van der Waals surface area contributed by atoms with Crippen molar-refractivity contribution in [3.05, 3.63) is 65.0 Å². The van der Waals surface area contributed by atoms with Crippen molar-refractivity contribution in [2.45, 2.75) is 12.8 Å². The van der Waals surface area contributed by atoms with E-state index < -0.39 is 0 Å². The van der Waals surface area contributed by atoms with Gasteiger partial charge in [-0.1, -0.05) is 12.1 Å². The maximum Gasteiger partial charge on any atom is 0.107 e. The summed E-state index contributed by atoms with van der Waals surface area (Å²) in [6, 6.07) is 10.0. The van der Waals surface area contributed by atoms with Gasteiger partial charge in [0.05, 0.1) is 22.4 Å². The first-order chi connectivity index (χ1) is 10.9. The molecule has 1 N–H and O–H groups in total. The Labute approximate surface area is 131 Å². The minimum Gasteiger partial charge on any atom is -0.348 e. The van der Waals surface area contributed by atoms with Crippen LogP contribution in [0.1, 0.15) is 11.5 Å². The highest BCUT2D eigenvalue weighted by molar-refractivity contribution is 7.08. The second-order valence-corrected chi connectivity index (χ2v) is 5.87. The quantitative estimate of drug-likeness (QED) is 0.623. The summed E-state index contributed by atoms with van der Waals surface area (Å²) in [6.45, 7) is 0. The number of aryl methyl sites for hydroxylation is 2. The summed E-state index contributed by atoms with van der Waals surface area (Å²) in [5.74, 6) is 0.983. The maximum atomic E-state index is 4.64. The van der Waals surface area contributed by atoms with Crippen LogP contribution in [0.4, 0.5) is 0 Å². The Morgan fingerprint density at radius 2 is 1.91 bits per heavy atom. The number of para-hydroxylation sites is 2. The van der Waals surface area contributed by atoms with E-state index in [4.69, 9.17) is 0 Å². The summed E-state index contributed by atoms with van der Waals surface area (Å²) in [6.07, 6.45) is 5.47. The lowest BCUT2D eigenvalue weighted by molar-refractivity contribution is 0.856. The van der Waals surface area contributed by atoms with Gasteiger partial charge in [-0.05, 0) is 30.0 Å². The van der Waals surface area contributed by atoms with Crippen molar-refractivity contribution in [3.63, 3.8) is 0 Å². The first-order valence-electron chi connectivity index (χ1n) is 7.16. The van der Waals surface area contributed by atoms with Crippen LogP contribution in [0.2, 0.25) is 0 Å². The number of aromatic nitrogens is 4. The van der Waals surface area contributed by atoms with Gasteiger partial charge in [0.2, 0.25) is 0 Å². The van der Waals surface area contributed by atoms with Crippen LogP contribution in [0.25, 0.3) is 22.3 Å². The molecule has 22 heavy (non-hydrogen) atoms. The smallest absolute Gasteiger partial charge is 0.107 e. The van der Waals surface area contributed by atoms with Gasteiger partial charge >= 0.3 is 0 Å². The molecule has 0 atom stereocenters. The standard InChI is InChI=1S/C17H14N4S/c1-2-4-15-14(3-1)18-9-13(20-15)5-6-17-19-10-16(21-17)12-7-8-22-11-12/h1-4,7-11H,5-6H2,(H,19,21). The summed E-state index contributed by atoms with van der Waals surface area (Å²) in [5.41, 5.74) is 5.04. The molecule has 0 radical (unpaired) electrons. The number of nitrogens with one attached hydrogen (secondary N) is 1. The summed E-state index contributed by atoms with van der Waals surface area (Å²) in [7, 11) is 0. The van der Waals surface area contributed by atoms with Crippen molar-refractivity contribution in [2.24, 2.45) is 0 Å². The van der Waals surface area contributed by atoms with Crippen molar-refractivity contribution in [3.8, 4) is 11.3 Å². The summed E-state index contributed by atoms with van der Waals surface area (Å²) in [4.78, 5) is 17.0. The van der Waals surface area contributed by atoms with Crippen LogP contribution in [0, 0.1) is 0 Å². The molecule has 4 nitrogen and oxygen atoms in total. The summed E-state index contributed by atoms with van der Waals surface area (Å²) < 4.78 is 0. The zero-order valence-electron chi connectivity index (χ0n) is 11.9. The molecule has 3 heterocycles. The van der Waals surface area contributed by atoms with Gasteiger partial charge in [-0.3, -0.25) is 4.98 Å². The monoisotopic (exact) mass is 306 g/mol. The molecule has 108 valence electrons. The highest BCUT2D eigenvalue weighted by Gasteiger charge is 2.06. The normalized spacial score (nSPS) is 11.1. The van der Waals surface area contributed by atoms with Gasteiger partial charge in [0.1, 0.15) is 5.82 Å². The minimum atomic E-state index is 0.828. The largest absolute Gasteiger partial charge is 0.348 e. The Hall–Kier alpha value is -2.53. The molecule has 0 aliphatic heterocycles. The van der Waals surface area contributed by atoms with E-state index in [1.54, 1.807) is 11.3 Å². The number of benzene rings is 1. The van der Waals surface area contributed by atoms with Gasteiger partial charge in [-0.15, -0.1) is 0 Å². The van der Waals surface area contributed by atoms with Crippen molar-refractivity contribution < 1.29 is 0 Å². The number of hydrogen-bond acceptors (Lipinski definition) is 4. The molecule has 0 fully saturated rings. The third kappa shape index (κ3) is 2.63. The second-order valence-electron chi connectivity index (χ2n) is 5.09. The Balaban J connectivity index is 1.49. The number of aromatic amines is 1. The van der Waals surface area contributed by atoms with Crippen LogP contribution in [-0.2, 0) is 12.8 Å². The molecule has 4 aromatic rings. The van der Waals surface area contributed by atoms with E-state index in [-0.39, 0.29) is 0 Å². The molecule has 4 rings (SSSR count). The molecule has 0 saturated heterocycles. The third-order valence-corrected chi connectivity index (χ3v) is 4.25. The lowest BCUT2D eigenvalue weighted by Crippen LogP contribution is -1.97. The van der Waals surface area contributed by atoms with E-state index in [1.807, 2.05) is 36.7 Å². The molecule has 0 amide bonds. The fourth-order valence-electron chi connectivity index (χ4n) is 2.41. The topological polar surface area (TPSA) is 54.5 Å². The first-order valence-corrected chi connectivity index (χ1v) is 8.10. The number of H-pyrrole nitrogens is 1. The molecule has 0 saturated carbocycles. The van der Waals surface area contributed by atoms with Crippen LogP contribution >= 0.6 is 11.3 Å². The van der Waals surface area contributed by atoms with E-state index in [1.165, 1.54) is 0 Å². The Bertz CT molecular complexity index is 896. The lowest BCUT2D eigenvalue weighted by atomic mass is 10.2. The average Bonchev–Trinajstić information content (AvgIpc) is 3.24. The molecular weight excluding hydrogens is 292 g/mol. The second kappa shape index (κ2) is 5.69. The van der Waals surface area contributed by atoms with Crippen molar-refractivity contribution in [1.29, 1.82) is 0 Å². The van der Waals surface area contributed by atoms with Crippen molar-refractivity contribution in [1.82, 2.24) is 19.9 Å². The molecule has 0 aliphatic carbocycles. The molecule has 0 unspecified atom stereocenters. The van der Waals surface area contributed by atoms with Gasteiger partial charge in [-0.25, -0.2) is 9.97 Å². The Kier molecular flexibility index (Phi) is 3.40. The van der Waals surface area contributed by atoms with Crippen LogP contribution < -0.4 is 0 Å². The number of hydrogen-bond donors (Lipinski definition) is 1. The van der Waals surface area contributed by atoms with E-state index in [2.05, 4.69) is 36.8 Å². The predicted octanol–water partition coefficient (Wildman–Crippen LogP) is 3.87. The number of fused-ring (bicyclic) bond motifs is 1. The van der Waals surface area contributed by atoms with Gasteiger partial charge in [-0.2, -0.15) is 11.3 Å². The van der Waals surface area contributed by atoms with Crippen LogP contribution in [0.15, 0.2) is 53.5 Å². The van der Waals surface area contributed by atoms with Gasteiger partial charge < -0.3 is 4.98 Å². The average molecular weight is 306 g/mol. The van der Waals surface area contributed by atoms with Crippen molar-refractivity contribution in [2.75, 3.05) is 0 Å². The molecule has 3 aromatic heterocycles. The first kappa shape index (κ1) is 13.2. The van der Waals surface area contributed by atoms with Gasteiger partial charge in [0.25, 0.3) is 0 Å². The zero-order chi connectivity index (χ0) is 14.8. The molecule has 0 aliphatic rings. The van der Waals surface area contributed by atoms with Crippen molar-refractivity contribution >= 4 is 22.4 Å². The number of thiophene rings is 1. The summed E-state index contributed by atoms with van der Waals surface area (Å²) in [5, 5.41) is 4.17. The van der Waals surface area contributed by atoms with E-state index in [0.29, 0.717) is 0 Å². The lowest BCUT2D eigenvalue weighted by Gasteiger charge is -2.01. The van der Waals surface area contributed by atoms with Gasteiger partial charge in [0.15, 0.2) is 0 Å². The number of rotatable bonds is 4.